The molecule has 9 nitrogen and oxygen atoms in total. The van der Waals surface area contributed by atoms with Gasteiger partial charge in [0.1, 0.15) is 12.2 Å². The van der Waals surface area contributed by atoms with Gasteiger partial charge in [0.15, 0.2) is 6.04 Å². The molecule has 1 rings (SSSR count). The van der Waals surface area contributed by atoms with Crippen molar-refractivity contribution in [2.75, 3.05) is 7.11 Å². The molecule has 1 aromatic carbocycles. The van der Waals surface area contributed by atoms with E-state index in [4.69, 9.17) is 25.9 Å². The Morgan fingerprint density at radius 2 is 1.86 bits per heavy atom. The van der Waals surface area contributed by atoms with Gasteiger partial charge < -0.3 is 19.9 Å². The molecule has 0 saturated heterocycles. The van der Waals surface area contributed by atoms with Crippen molar-refractivity contribution in [3.8, 4) is 0 Å². The predicted molar refractivity (Wildman–Crippen MR) is 101 cm³/mol. The van der Waals surface area contributed by atoms with Crippen LogP contribution in [0.1, 0.15) is 33.3 Å². The fraction of sp³-hybridized carbons (Fsp3) is 0.500. The summed E-state index contributed by atoms with van der Waals surface area (Å²) in [7, 11) is 1.18. The van der Waals surface area contributed by atoms with Gasteiger partial charge in [0.05, 0.1) is 13.2 Å². The lowest BCUT2D eigenvalue weighted by Gasteiger charge is -2.30. The monoisotopic (exact) mass is 416 g/mol. The van der Waals surface area contributed by atoms with Crippen molar-refractivity contribution in [1.82, 2.24) is 10.4 Å². The smallest absolute Gasteiger partial charge is 0.434 e. The number of hydroxylamine groups is 2. The van der Waals surface area contributed by atoms with Crippen molar-refractivity contribution in [2.24, 2.45) is 0 Å². The number of carboxylic acids is 1. The van der Waals surface area contributed by atoms with Gasteiger partial charge in [0.2, 0.25) is 0 Å². The van der Waals surface area contributed by atoms with Crippen LogP contribution in [-0.4, -0.2) is 53.1 Å². The fourth-order valence-electron chi connectivity index (χ4n) is 2.18. The summed E-state index contributed by atoms with van der Waals surface area (Å²) in [5.41, 5.74) is -0.242. The zero-order valence-corrected chi connectivity index (χ0v) is 17.1. The van der Waals surface area contributed by atoms with Crippen LogP contribution in [0.25, 0.3) is 0 Å². The minimum atomic E-state index is -1.50. The Hall–Kier alpha value is -2.52. The summed E-state index contributed by atoms with van der Waals surface area (Å²) in [5, 5.41) is 12.8. The molecule has 0 bridgehead atoms. The molecule has 2 amide bonds. The molecule has 1 aromatic rings. The van der Waals surface area contributed by atoms with E-state index in [2.05, 4.69) is 5.32 Å². The summed E-state index contributed by atoms with van der Waals surface area (Å²) in [6.45, 7) is 6.16. The number of hydrogen-bond donors (Lipinski definition) is 2. The van der Waals surface area contributed by atoms with Crippen LogP contribution in [0.15, 0.2) is 24.3 Å². The van der Waals surface area contributed by atoms with E-state index in [0.717, 1.165) is 0 Å². The van der Waals surface area contributed by atoms with Crippen LogP contribution < -0.4 is 5.32 Å². The standard InChI is InChI=1S/C18H25ClN2O7/c1-11(14(15(22)23)20-16(24)28-18(2,3)4)21(26-5)17(25)27-10-12-8-6-7-9-13(12)19/h6-9,11,14H,10H2,1-5H3,(H,20,24)(H,22,23)/t11-,14+/m1/s1. The van der Waals surface area contributed by atoms with Crippen LogP contribution in [0.4, 0.5) is 9.59 Å². The molecule has 0 heterocycles. The average molecular weight is 417 g/mol. The van der Waals surface area contributed by atoms with Crippen molar-refractivity contribution in [1.29, 1.82) is 0 Å². The molecule has 0 fully saturated rings. The number of nitrogens with one attached hydrogen (secondary N) is 1. The number of alkyl carbamates (subject to hydrolysis) is 1. The van der Waals surface area contributed by atoms with E-state index < -0.39 is 35.8 Å². The molecule has 0 unspecified atom stereocenters. The van der Waals surface area contributed by atoms with Crippen molar-refractivity contribution >= 4 is 29.8 Å². The molecule has 0 spiro atoms. The quantitative estimate of drug-likeness (QED) is 0.656. The molecule has 156 valence electrons. The summed E-state index contributed by atoms with van der Waals surface area (Å²) in [6, 6.07) is 4.19. The molecule has 0 saturated carbocycles. The number of aliphatic carboxylic acids is 1. The summed E-state index contributed by atoms with van der Waals surface area (Å²) in [4.78, 5) is 40.8. The van der Waals surface area contributed by atoms with Crippen LogP contribution in [0.5, 0.6) is 0 Å². The molecule has 0 radical (unpaired) electrons. The van der Waals surface area contributed by atoms with Crippen LogP contribution in [0.3, 0.4) is 0 Å². The lowest BCUT2D eigenvalue weighted by Crippen LogP contribution is -2.56. The third-order valence-corrected chi connectivity index (χ3v) is 3.84. The Labute approximate surface area is 168 Å². The van der Waals surface area contributed by atoms with Crippen molar-refractivity contribution in [3.05, 3.63) is 34.9 Å². The Balaban J connectivity index is 2.82. The fourth-order valence-corrected chi connectivity index (χ4v) is 2.37. The zero-order chi connectivity index (χ0) is 21.5. The highest BCUT2D eigenvalue weighted by Gasteiger charge is 2.36. The highest BCUT2D eigenvalue weighted by atomic mass is 35.5. The molecule has 0 aliphatic rings. The predicted octanol–water partition coefficient (Wildman–Crippen LogP) is 3.21. The molecule has 2 N–H and O–H groups in total. The number of halogens is 1. The summed E-state index contributed by atoms with van der Waals surface area (Å²) in [6.07, 6.45) is -1.88. The van der Waals surface area contributed by atoms with E-state index in [1.54, 1.807) is 45.0 Å². The van der Waals surface area contributed by atoms with E-state index in [9.17, 15) is 19.5 Å². The van der Waals surface area contributed by atoms with Gasteiger partial charge in [0.25, 0.3) is 0 Å². The molecule has 0 aliphatic heterocycles. The number of rotatable bonds is 7. The molecular formula is C18H25ClN2O7. The highest BCUT2D eigenvalue weighted by Crippen LogP contribution is 2.17. The van der Waals surface area contributed by atoms with Gasteiger partial charge in [-0.25, -0.2) is 14.4 Å². The largest absolute Gasteiger partial charge is 0.480 e. The molecule has 0 aromatic heterocycles. The van der Waals surface area contributed by atoms with E-state index >= 15 is 0 Å². The van der Waals surface area contributed by atoms with Gasteiger partial charge >= 0.3 is 18.2 Å². The van der Waals surface area contributed by atoms with E-state index in [1.165, 1.54) is 14.0 Å². The first kappa shape index (κ1) is 23.5. The first-order chi connectivity index (χ1) is 13.0. The third-order valence-electron chi connectivity index (χ3n) is 3.48. The van der Waals surface area contributed by atoms with Crippen molar-refractivity contribution in [2.45, 2.75) is 52.0 Å². The van der Waals surface area contributed by atoms with Crippen LogP contribution >= 0.6 is 11.6 Å². The maximum Gasteiger partial charge on any atom is 0.434 e. The molecule has 0 aliphatic carbocycles. The van der Waals surface area contributed by atoms with E-state index in [-0.39, 0.29) is 6.61 Å². The average Bonchev–Trinajstić information content (AvgIpc) is 2.57. The maximum absolute atomic E-state index is 12.3. The van der Waals surface area contributed by atoms with Crippen LogP contribution in [-0.2, 0) is 25.7 Å². The number of amides is 2. The topological polar surface area (TPSA) is 114 Å². The Morgan fingerprint density at radius 3 is 2.36 bits per heavy atom. The Bertz CT molecular complexity index is 705. The van der Waals surface area contributed by atoms with Gasteiger partial charge in [-0.2, -0.15) is 5.06 Å². The van der Waals surface area contributed by atoms with Crippen molar-refractivity contribution < 1.29 is 33.8 Å². The minimum absolute atomic E-state index is 0.137. The molecule has 28 heavy (non-hydrogen) atoms. The minimum Gasteiger partial charge on any atom is -0.480 e. The maximum atomic E-state index is 12.3. The normalized spacial score (nSPS) is 13.2. The van der Waals surface area contributed by atoms with Gasteiger partial charge in [-0.1, -0.05) is 29.8 Å². The van der Waals surface area contributed by atoms with E-state index in [0.29, 0.717) is 15.6 Å². The van der Waals surface area contributed by atoms with Crippen LogP contribution in [0.2, 0.25) is 5.02 Å². The number of hydrogen-bond acceptors (Lipinski definition) is 6. The Morgan fingerprint density at radius 1 is 1.25 bits per heavy atom. The van der Waals surface area contributed by atoms with Gasteiger partial charge in [-0.05, 0) is 33.8 Å². The number of nitrogens with zero attached hydrogens (tertiary/aromatic N) is 1. The SMILES string of the molecule is CON(C(=O)OCc1ccccc1Cl)[C@H](C)[C@H](NC(=O)OC(C)(C)C)C(=O)O. The number of carbonyl (C=O) groups is 3. The summed E-state index contributed by atoms with van der Waals surface area (Å²) in [5.74, 6) is -1.38. The zero-order valence-electron chi connectivity index (χ0n) is 16.4. The van der Waals surface area contributed by atoms with Gasteiger partial charge in [-0.15, -0.1) is 0 Å². The first-order valence-corrected chi connectivity index (χ1v) is 8.80. The number of carboxylic acid groups (broad SMARTS) is 1. The molecule has 10 heteroatoms. The number of ether oxygens (including phenoxy) is 2. The third kappa shape index (κ3) is 7.24. The lowest BCUT2D eigenvalue weighted by atomic mass is 10.1. The molecular weight excluding hydrogens is 392 g/mol. The highest BCUT2D eigenvalue weighted by molar-refractivity contribution is 6.31. The second-order valence-corrected chi connectivity index (χ2v) is 7.26. The number of benzene rings is 1. The second-order valence-electron chi connectivity index (χ2n) is 6.86. The molecule has 2 atom stereocenters. The summed E-state index contributed by atoms with van der Waals surface area (Å²) >= 11 is 6.01. The summed E-state index contributed by atoms with van der Waals surface area (Å²) < 4.78 is 10.2. The Kier molecular flexibility index (Phi) is 8.52. The second kappa shape index (κ2) is 10.1. The van der Waals surface area contributed by atoms with Gasteiger partial charge in [-0.3, -0.25) is 4.84 Å². The van der Waals surface area contributed by atoms with Crippen molar-refractivity contribution in [3.63, 3.8) is 0 Å². The first-order valence-electron chi connectivity index (χ1n) is 8.42. The number of carbonyl (C=O) groups excluding carboxylic acids is 2. The van der Waals surface area contributed by atoms with E-state index in [1.807, 2.05) is 0 Å². The van der Waals surface area contributed by atoms with Crippen LogP contribution in [0, 0.1) is 0 Å². The van der Waals surface area contributed by atoms with Gasteiger partial charge in [0, 0.05) is 10.6 Å². The lowest BCUT2D eigenvalue weighted by molar-refractivity contribution is -0.158.